The fourth-order valence-corrected chi connectivity index (χ4v) is 3.76. The molecule has 5 rings (SSSR count). The highest BCUT2D eigenvalue weighted by molar-refractivity contribution is 6.17. The van der Waals surface area contributed by atoms with Crippen LogP contribution in [-0.4, -0.2) is 39.5 Å². The van der Waals surface area contributed by atoms with Crippen LogP contribution in [-0.2, 0) is 9.63 Å². The SMILES string of the molecule is O=C1CC(c2cccc(-n3ccnc3)c2)=Nc2ccc(C#Cc3ccccc3)cc2N1OCCO. The number of aliphatic hydroxyl groups is 1. The minimum Gasteiger partial charge on any atom is -0.394 e. The van der Waals surface area contributed by atoms with Crippen molar-refractivity contribution in [2.75, 3.05) is 18.3 Å². The predicted octanol–water partition coefficient (Wildman–Crippen LogP) is 4.05. The lowest BCUT2D eigenvalue weighted by Crippen LogP contribution is -2.32. The van der Waals surface area contributed by atoms with Crippen LogP contribution in [0.15, 0.2) is 96.5 Å². The van der Waals surface area contributed by atoms with Crippen LogP contribution in [0.4, 0.5) is 11.4 Å². The first-order valence-corrected chi connectivity index (χ1v) is 11.2. The molecule has 0 spiro atoms. The second kappa shape index (κ2) is 10.2. The van der Waals surface area contributed by atoms with Gasteiger partial charge in [-0.1, -0.05) is 42.2 Å². The van der Waals surface area contributed by atoms with E-state index in [-0.39, 0.29) is 25.5 Å². The topological polar surface area (TPSA) is 80.0 Å². The number of anilines is 1. The Labute approximate surface area is 202 Å². The fraction of sp³-hybridized carbons (Fsp3) is 0.107. The van der Waals surface area contributed by atoms with E-state index in [1.165, 1.54) is 5.06 Å². The Kier molecular flexibility index (Phi) is 6.48. The number of hydrogen-bond donors (Lipinski definition) is 1. The van der Waals surface area contributed by atoms with Crippen molar-refractivity contribution in [3.8, 4) is 17.5 Å². The minimum atomic E-state index is -0.280. The summed E-state index contributed by atoms with van der Waals surface area (Å²) in [5.41, 5.74) is 5.05. The van der Waals surface area contributed by atoms with Crippen LogP contribution in [0, 0.1) is 11.8 Å². The number of benzene rings is 3. The van der Waals surface area contributed by atoms with Crippen LogP contribution in [0.3, 0.4) is 0 Å². The zero-order valence-electron chi connectivity index (χ0n) is 18.8. The Balaban J connectivity index is 1.55. The Morgan fingerprint density at radius 2 is 1.83 bits per heavy atom. The van der Waals surface area contributed by atoms with Gasteiger partial charge in [0.05, 0.1) is 43.0 Å². The average Bonchev–Trinajstić information content (AvgIpc) is 3.40. The number of aromatic nitrogens is 2. The van der Waals surface area contributed by atoms with E-state index in [2.05, 4.69) is 16.8 Å². The van der Waals surface area contributed by atoms with Gasteiger partial charge < -0.3 is 9.67 Å². The molecule has 1 aliphatic rings. The van der Waals surface area contributed by atoms with Crippen LogP contribution in [0.5, 0.6) is 0 Å². The van der Waals surface area contributed by atoms with Crippen molar-refractivity contribution in [2.24, 2.45) is 4.99 Å². The molecule has 0 aliphatic carbocycles. The van der Waals surface area contributed by atoms with Gasteiger partial charge in [0.25, 0.3) is 5.91 Å². The number of carbonyl (C=O) groups excluding carboxylic acids is 1. The Morgan fingerprint density at radius 1 is 0.971 bits per heavy atom. The quantitative estimate of drug-likeness (QED) is 0.454. The minimum absolute atomic E-state index is 0.0173. The molecule has 0 saturated carbocycles. The highest BCUT2D eigenvalue weighted by Crippen LogP contribution is 2.34. The first-order chi connectivity index (χ1) is 17.2. The van der Waals surface area contributed by atoms with Crippen LogP contribution < -0.4 is 5.06 Å². The largest absolute Gasteiger partial charge is 0.394 e. The van der Waals surface area contributed by atoms with Crippen LogP contribution >= 0.6 is 0 Å². The number of nitrogens with zero attached hydrogens (tertiary/aromatic N) is 4. The summed E-state index contributed by atoms with van der Waals surface area (Å²) in [7, 11) is 0. The number of fused-ring (bicyclic) bond motifs is 1. The lowest BCUT2D eigenvalue weighted by Gasteiger charge is -2.21. The number of aliphatic hydroxyl groups excluding tert-OH is 1. The summed E-state index contributed by atoms with van der Waals surface area (Å²) in [5, 5.41) is 10.5. The van der Waals surface area contributed by atoms with Gasteiger partial charge >= 0.3 is 0 Å². The van der Waals surface area contributed by atoms with Gasteiger partial charge in [-0.05, 0) is 48.0 Å². The van der Waals surface area contributed by atoms with Crippen molar-refractivity contribution < 1.29 is 14.7 Å². The lowest BCUT2D eigenvalue weighted by atomic mass is 10.1. The average molecular weight is 463 g/mol. The number of amides is 1. The van der Waals surface area contributed by atoms with Crippen molar-refractivity contribution in [2.45, 2.75) is 6.42 Å². The Bertz CT molecular complexity index is 1430. The molecule has 1 amide bonds. The zero-order chi connectivity index (χ0) is 24.0. The van der Waals surface area contributed by atoms with Gasteiger partial charge in [0, 0.05) is 29.2 Å². The van der Waals surface area contributed by atoms with E-state index in [1.807, 2.05) is 77.5 Å². The van der Waals surface area contributed by atoms with Gasteiger partial charge in [-0.3, -0.25) is 14.6 Å². The molecule has 1 aromatic heterocycles. The summed E-state index contributed by atoms with van der Waals surface area (Å²) in [4.78, 5) is 27.8. The molecule has 2 heterocycles. The van der Waals surface area contributed by atoms with Gasteiger partial charge in [0.1, 0.15) is 0 Å². The van der Waals surface area contributed by atoms with Gasteiger partial charge in [0.2, 0.25) is 0 Å². The van der Waals surface area contributed by atoms with Crippen LogP contribution in [0.1, 0.15) is 23.1 Å². The molecule has 1 N–H and O–H groups in total. The highest BCUT2D eigenvalue weighted by Gasteiger charge is 2.26. The van der Waals surface area contributed by atoms with Crippen LogP contribution in [0.25, 0.3) is 5.69 Å². The fourth-order valence-electron chi connectivity index (χ4n) is 3.76. The molecular formula is C28H22N4O3. The molecule has 7 nitrogen and oxygen atoms in total. The van der Waals surface area contributed by atoms with Crippen molar-refractivity contribution in [1.82, 2.24) is 9.55 Å². The molecule has 4 aromatic rings. The smallest absolute Gasteiger partial charge is 0.256 e. The van der Waals surface area contributed by atoms with E-state index in [4.69, 9.17) is 9.83 Å². The summed E-state index contributed by atoms with van der Waals surface area (Å²) in [6.45, 7) is -0.232. The normalized spacial score (nSPS) is 12.9. The van der Waals surface area contributed by atoms with E-state index in [0.717, 1.165) is 22.4 Å². The molecular weight excluding hydrogens is 440 g/mol. The van der Waals surface area contributed by atoms with E-state index < -0.39 is 0 Å². The van der Waals surface area contributed by atoms with Crippen molar-refractivity contribution in [1.29, 1.82) is 0 Å². The summed E-state index contributed by atoms with van der Waals surface area (Å²) in [6.07, 6.45) is 5.33. The summed E-state index contributed by atoms with van der Waals surface area (Å²) in [6, 6.07) is 23.0. The molecule has 35 heavy (non-hydrogen) atoms. The molecule has 1 aliphatic heterocycles. The Morgan fingerprint density at radius 3 is 2.63 bits per heavy atom. The van der Waals surface area contributed by atoms with Gasteiger partial charge in [-0.2, -0.15) is 5.06 Å². The standard InChI is InChI=1S/C28H22N4O3/c33-15-16-35-32-27-17-22(10-9-21-5-2-1-3-6-21)11-12-25(27)30-26(19-28(32)34)23-7-4-8-24(18-23)31-14-13-29-20-31/h1-8,11-14,17-18,20,33H,15-16,19H2. The third-order valence-corrected chi connectivity index (χ3v) is 5.41. The number of carbonyl (C=O) groups is 1. The molecule has 0 radical (unpaired) electrons. The third-order valence-electron chi connectivity index (χ3n) is 5.41. The molecule has 3 aromatic carbocycles. The van der Waals surface area contributed by atoms with Crippen molar-refractivity contribution >= 4 is 23.0 Å². The predicted molar refractivity (Wildman–Crippen MR) is 134 cm³/mol. The summed E-state index contributed by atoms with van der Waals surface area (Å²) in [5.74, 6) is 5.99. The van der Waals surface area contributed by atoms with E-state index in [9.17, 15) is 9.90 Å². The highest BCUT2D eigenvalue weighted by atomic mass is 16.7. The number of aliphatic imine (C=N–C) groups is 1. The van der Waals surface area contributed by atoms with Crippen molar-refractivity contribution in [3.05, 3.63) is 108 Å². The monoisotopic (exact) mass is 462 g/mol. The number of imidazole rings is 1. The maximum atomic E-state index is 13.3. The van der Waals surface area contributed by atoms with Gasteiger partial charge in [-0.25, -0.2) is 4.98 Å². The number of hydrogen-bond acceptors (Lipinski definition) is 5. The second-order valence-corrected chi connectivity index (χ2v) is 7.82. The molecule has 7 heteroatoms. The Hall–Kier alpha value is -4.51. The summed E-state index contributed by atoms with van der Waals surface area (Å²) < 4.78 is 1.89. The maximum Gasteiger partial charge on any atom is 0.256 e. The van der Waals surface area contributed by atoms with Gasteiger partial charge in [-0.15, -0.1) is 0 Å². The van der Waals surface area contributed by atoms with E-state index in [1.54, 1.807) is 18.6 Å². The van der Waals surface area contributed by atoms with Crippen molar-refractivity contribution in [3.63, 3.8) is 0 Å². The first kappa shape index (κ1) is 22.3. The van der Waals surface area contributed by atoms with E-state index in [0.29, 0.717) is 17.1 Å². The molecule has 0 fully saturated rings. The molecule has 0 saturated heterocycles. The maximum absolute atomic E-state index is 13.3. The first-order valence-electron chi connectivity index (χ1n) is 11.2. The third kappa shape index (κ3) is 5.04. The van der Waals surface area contributed by atoms with Crippen LogP contribution in [0.2, 0.25) is 0 Å². The molecule has 172 valence electrons. The van der Waals surface area contributed by atoms with E-state index >= 15 is 0 Å². The molecule has 0 unspecified atom stereocenters. The second-order valence-electron chi connectivity index (χ2n) is 7.82. The molecule has 0 atom stereocenters. The molecule has 0 bridgehead atoms. The lowest BCUT2D eigenvalue weighted by molar-refractivity contribution is -0.125. The zero-order valence-corrected chi connectivity index (χ0v) is 18.8. The van der Waals surface area contributed by atoms with Gasteiger partial charge in [0.15, 0.2) is 0 Å². The number of hydroxylamine groups is 1. The summed E-state index contributed by atoms with van der Waals surface area (Å²) >= 11 is 0. The number of rotatable bonds is 5.